The van der Waals surface area contributed by atoms with Gasteiger partial charge in [0.2, 0.25) is 0 Å². The topological polar surface area (TPSA) is 82.3 Å². The highest BCUT2D eigenvalue weighted by atomic mass is 16.5. The first-order valence-corrected chi connectivity index (χ1v) is 4.46. The van der Waals surface area contributed by atoms with Gasteiger partial charge < -0.3 is 10.5 Å². The SMILES string of the molecule is COC(=O)c1ccc(C(=O)CCN)nc1. The van der Waals surface area contributed by atoms with Crippen molar-refractivity contribution in [2.24, 2.45) is 5.73 Å². The number of hydrogen-bond donors (Lipinski definition) is 1. The number of carbonyl (C=O) groups is 2. The molecule has 1 aromatic rings. The van der Waals surface area contributed by atoms with Crippen LogP contribution in [0.4, 0.5) is 0 Å². The molecule has 5 heteroatoms. The molecule has 0 radical (unpaired) electrons. The molecule has 0 atom stereocenters. The molecular formula is C10H12N2O3. The van der Waals surface area contributed by atoms with Crippen LogP contribution < -0.4 is 5.73 Å². The van der Waals surface area contributed by atoms with Crippen molar-refractivity contribution >= 4 is 11.8 Å². The molecule has 1 aromatic heterocycles. The number of nitrogens with zero attached hydrogens (tertiary/aromatic N) is 1. The summed E-state index contributed by atoms with van der Waals surface area (Å²) in [7, 11) is 1.29. The Morgan fingerprint density at radius 3 is 2.67 bits per heavy atom. The largest absolute Gasteiger partial charge is 0.465 e. The molecule has 0 bridgehead atoms. The van der Waals surface area contributed by atoms with E-state index in [1.165, 1.54) is 25.4 Å². The van der Waals surface area contributed by atoms with E-state index in [9.17, 15) is 9.59 Å². The highest BCUT2D eigenvalue weighted by molar-refractivity contribution is 5.95. The molecule has 0 fully saturated rings. The third-order valence-corrected chi connectivity index (χ3v) is 1.84. The Balaban J connectivity index is 2.80. The lowest BCUT2D eigenvalue weighted by Crippen LogP contribution is -2.10. The summed E-state index contributed by atoms with van der Waals surface area (Å²) in [6.45, 7) is 0.291. The molecule has 0 unspecified atom stereocenters. The number of pyridine rings is 1. The molecule has 0 saturated carbocycles. The van der Waals surface area contributed by atoms with Crippen LogP contribution in [0.2, 0.25) is 0 Å². The first-order valence-electron chi connectivity index (χ1n) is 4.46. The van der Waals surface area contributed by atoms with Crippen LogP contribution in [0.5, 0.6) is 0 Å². The maximum atomic E-state index is 11.3. The van der Waals surface area contributed by atoms with Crippen molar-refractivity contribution in [2.45, 2.75) is 6.42 Å². The number of rotatable bonds is 4. The van der Waals surface area contributed by atoms with Gasteiger partial charge in [0.25, 0.3) is 0 Å². The quantitative estimate of drug-likeness (QED) is 0.572. The van der Waals surface area contributed by atoms with Crippen LogP contribution in [0.1, 0.15) is 27.3 Å². The molecule has 0 spiro atoms. The number of esters is 1. The van der Waals surface area contributed by atoms with Crippen LogP contribution in [-0.2, 0) is 4.74 Å². The van der Waals surface area contributed by atoms with Crippen LogP contribution in [0.15, 0.2) is 18.3 Å². The highest BCUT2D eigenvalue weighted by Crippen LogP contribution is 2.03. The van der Waals surface area contributed by atoms with Crippen LogP contribution in [0, 0.1) is 0 Å². The van der Waals surface area contributed by atoms with Crippen molar-refractivity contribution in [2.75, 3.05) is 13.7 Å². The zero-order valence-electron chi connectivity index (χ0n) is 8.40. The van der Waals surface area contributed by atoms with Gasteiger partial charge in [-0.25, -0.2) is 4.79 Å². The molecule has 0 aliphatic carbocycles. The van der Waals surface area contributed by atoms with Gasteiger partial charge in [0.1, 0.15) is 5.69 Å². The summed E-state index contributed by atoms with van der Waals surface area (Å²) in [4.78, 5) is 26.3. The molecule has 0 saturated heterocycles. The highest BCUT2D eigenvalue weighted by Gasteiger charge is 2.09. The number of aromatic nitrogens is 1. The second kappa shape index (κ2) is 5.21. The van der Waals surface area contributed by atoms with E-state index in [-0.39, 0.29) is 12.2 Å². The minimum atomic E-state index is -0.472. The third-order valence-electron chi connectivity index (χ3n) is 1.84. The minimum Gasteiger partial charge on any atom is -0.465 e. The second-order valence-electron chi connectivity index (χ2n) is 2.89. The lowest BCUT2D eigenvalue weighted by molar-refractivity contribution is 0.0600. The fourth-order valence-electron chi connectivity index (χ4n) is 1.06. The van der Waals surface area contributed by atoms with Gasteiger partial charge in [0.05, 0.1) is 12.7 Å². The number of ketones is 1. The van der Waals surface area contributed by atoms with Crippen LogP contribution in [-0.4, -0.2) is 30.4 Å². The lowest BCUT2D eigenvalue weighted by atomic mass is 10.2. The van der Waals surface area contributed by atoms with E-state index in [4.69, 9.17) is 5.73 Å². The van der Waals surface area contributed by atoms with Gasteiger partial charge in [-0.1, -0.05) is 0 Å². The van der Waals surface area contributed by atoms with E-state index < -0.39 is 5.97 Å². The van der Waals surface area contributed by atoms with Crippen LogP contribution >= 0.6 is 0 Å². The van der Waals surface area contributed by atoms with Crippen molar-refractivity contribution in [3.05, 3.63) is 29.6 Å². The van der Waals surface area contributed by atoms with Crippen LogP contribution in [0.3, 0.4) is 0 Å². The molecule has 0 aromatic carbocycles. The van der Waals surface area contributed by atoms with Crippen molar-refractivity contribution < 1.29 is 14.3 Å². The standard InChI is InChI=1S/C10H12N2O3/c1-15-10(14)7-2-3-8(12-6-7)9(13)4-5-11/h2-3,6H,4-5,11H2,1H3. The van der Waals surface area contributed by atoms with Gasteiger partial charge in [0, 0.05) is 12.6 Å². The van der Waals surface area contributed by atoms with Crippen molar-refractivity contribution in [1.82, 2.24) is 4.98 Å². The Morgan fingerprint density at radius 2 is 2.20 bits per heavy atom. The molecule has 0 amide bonds. The minimum absolute atomic E-state index is 0.131. The van der Waals surface area contributed by atoms with E-state index in [1.807, 2.05) is 0 Å². The predicted molar refractivity (Wildman–Crippen MR) is 53.6 cm³/mol. The van der Waals surface area contributed by atoms with Crippen molar-refractivity contribution in [3.8, 4) is 0 Å². The summed E-state index contributed by atoms with van der Waals surface area (Å²) in [6.07, 6.45) is 1.57. The number of hydrogen-bond acceptors (Lipinski definition) is 5. The average Bonchev–Trinajstić information content (AvgIpc) is 2.28. The lowest BCUT2D eigenvalue weighted by Gasteiger charge is -2.00. The average molecular weight is 208 g/mol. The molecule has 1 rings (SSSR count). The normalized spacial score (nSPS) is 9.73. The number of carbonyl (C=O) groups excluding carboxylic acids is 2. The fourth-order valence-corrected chi connectivity index (χ4v) is 1.06. The van der Waals surface area contributed by atoms with Gasteiger partial charge in [0.15, 0.2) is 5.78 Å². The Bertz CT molecular complexity index is 359. The van der Waals surface area contributed by atoms with Gasteiger partial charge in [-0.05, 0) is 18.7 Å². The Hall–Kier alpha value is -1.75. The molecule has 5 nitrogen and oxygen atoms in total. The zero-order valence-corrected chi connectivity index (χ0v) is 8.40. The van der Waals surface area contributed by atoms with E-state index in [0.717, 1.165) is 0 Å². The Labute approximate surface area is 87.3 Å². The van der Waals surface area contributed by atoms with E-state index in [1.54, 1.807) is 0 Å². The van der Waals surface area contributed by atoms with Crippen molar-refractivity contribution in [1.29, 1.82) is 0 Å². The maximum absolute atomic E-state index is 11.3. The van der Waals surface area contributed by atoms with E-state index in [2.05, 4.69) is 9.72 Å². The molecular weight excluding hydrogens is 196 g/mol. The van der Waals surface area contributed by atoms with Crippen molar-refractivity contribution in [3.63, 3.8) is 0 Å². The first kappa shape index (κ1) is 11.3. The summed E-state index contributed by atoms with van der Waals surface area (Å²) in [5.41, 5.74) is 5.88. The number of methoxy groups -OCH3 is 1. The summed E-state index contributed by atoms with van der Waals surface area (Å²) >= 11 is 0. The molecule has 0 aliphatic rings. The van der Waals surface area contributed by atoms with Crippen LogP contribution in [0.25, 0.3) is 0 Å². The number of nitrogens with two attached hydrogens (primary N) is 1. The Kier molecular flexibility index (Phi) is 3.93. The summed E-state index contributed by atoms with van der Waals surface area (Å²) in [6, 6.07) is 2.99. The molecule has 15 heavy (non-hydrogen) atoms. The maximum Gasteiger partial charge on any atom is 0.339 e. The van der Waals surface area contributed by atoms with Gasteiger partial charge in [-0.2, -0.15) is 0 Å². The predicted octanol–water partition coefficient (Wildman–Crippen LogP) is 0.400. The summed E-state index contributed by atoms with van der Waals surface area (Å²) in [5.74, 6) is -0.603. The molecule has 1 heterocycles. The molecule has 2 N–H and O–H groups in total. The number of Topliss-reactive ketones (excluding diaryl/α,β-unsaturated/α-hetero) is 1. The summed E-state index contributed by atoms with van der Waals surface area (Å²) < 4.78 is 4.50. The zero-order chi connectivity index (χ0) is 11.3. The third kappa shape index (κ3) is 2.85. The number of ether oxygens (including phenoxy) is 1. The molecule has 80 valence electrons. The fraction of sp³-hybridized carbons (Fsp3) is 0.300. The molecule has 0 aliphatic heterocycles. The van der Waals surface area contributed by atoms with E-state index in [0.29, 0.717) is 17.8 Å². The summed E-state index contributed by atoms with van der Waals surface area (Å²) in [5, 5.41) is 0. The Morgan fingerprint density at radius 1 is 1.47 bits per heavy atom. The van der Waals surface area contributed by atoms with Gasteiger partial charge >= 0.3 is 5.97 Å². The van der Waals surface area contributed by atoms with Gasteiger partial charge in [-0.3, -0.25) is 9.78 Å². The van der Waals surface area contributed by atoms with E-state index >= 15 is 0 Å². The monoisotopic (exact) mass is 208 g/mol. The first-order chi connectivity index (χ1) is 7.19. The smallest absolute Gasteiger partial charge is 0.339 e. The second-order valence-corrected chi connectivity index (χ2v) is 2.89. The van der Waals surface area contributed by atoms with Gasteiger partial charge in [-0.15, -0.1) is 0 Å².